The van der Waals surface area contributed by atoms with Crippen LogP contribution in [0.2, 0.25) is 0 Å². The lowest BCUT2D eigenvalue weighted by Crippen LogP contribution is -2.09. The van der Waals surface area contributed by atoms with Crippen LogP contribution < -0.4 is 25.3 Å². The van der Waals surface area contributed by atoms with Gasteiger partial charge in [0.2, 0.25) is 5.91 Å². The lowest BCUT2D eigenvalue weighted by molar-refractivity contribution is -0.111. The summed E-state index contributed by atoms with van der Waals surface area (Å²) in [7, 11) is 3.13. The molecule has 0 aliphatic heterocycles. The highest BCUT2D eigenvalue weighted by atomic mass is 16.5. The summed E-state index contributed by atoms with van der Waals surface area (Å²) in [5.41, 5.74) is 7.67. The minimum atomic E-state index is -0.287. The van der Waals surface area contributed by atoms with Crippen LogP contribution in [0.5, 0.6) is 17.2 Å². The van der Waals surface area contributed by atoms with Crippen LogP contribution in [0, 0.1) is 0 Å². The molecule has 0 saturated heterocycles. The van der Waals surface area contributed by atoms with Gasteiger partial charge in [-0.3, -0.25) is 4.79 Å². The number of nitrogens with one attached hydrogen (secondary N) is 1. The second-order valence-corrected chi connectivity index (χ2v) is 5.12. The van der Waals surface area contributed by atoms with Gasteiger partial charge in [0.05, 0.1) is 32.2 Å². The van der Waals surface area contributed by atoms with Gasteiger partial charge in [0.25, 0.3) is 0 Å². The predicted molar refractivity (Wildman–Crippen MR) is 99.2 cm³/mol. The minimum absolute atomic E-state index is 0.287. The number of anilines is 2. The second-order valence-electron chi connectivity index (χ2n) is 5.12. The Morgan fingerprint density at radius 2 is 1.92 bits per heavy atom. The van der Waals surface area contributed by atoms with Gasteiger partial charge in [-0.1, -0.05) is 6.07 Å². The molecule has 0 bridgehead atoms. The highest BCUT2D eigenvalue weighted by Gasteiger charge is 2.06. The van der Waals surface area contributed by atoms with E-state index in [-0.39, 0.29) is 5.91 Å². The Kier molecular flexibility index (Phi) is 6.28. The molecule has 6 heteroatoms. The fourth-order valence-corrected chi connectivity index (χ4v) is 2.19. The fraction of sp³-hybridized carbons (Fsp3) is 0.211. The minimum Gasteiger partial charge on any atom is -0.497 e. The van der Waals surface area contributed by atoms with E-state index in [9.17, 15) is 4.79 Å². The van der Waals surface area contributed by atoms with Crippen LogP contribution >= 0.6 is 0 Å². The maximum Gasteiger partial charge on any atom is 0.248 e. The SMILES string of the molecule is CCOc1ccc(/C=C/C(=O)Nc2ccc(OC)cc2N)cc1OC. The van der Waals surface area contributed by atoms with Crippen LogP contribution in [0.25, 0.3) is 6.08 Å². The third-order valence-corrected chi connectivity index (χ3v) is 3.43. The van der Waals surface area contributed by atoms with Crippen molar-refractivity contribution >= 4 is 23.4 Å². The first-order valence-electron chi connectivity index (χ1n) is 7.80. The first kappa shape index (κ1) is 18.2. The summed E-state index contributed by atoms with van der Waals surface area (Å²) in [4.78, 5) is 12.1. The number of carbonyl (C=O) groups is 1. The van der Waals surface area contributed by atoms with Gasteiger partial charge in [0.1, 0.15) is 5.75 Å². The third kappa shape index (κ3) is 4.91. The van der Waals surface area contributed by atoms with Gasteiger partial charge in [-0.15, -0.1) is 0 Å². The molecule has 2 rings (SSSR count). The van der Waals surface area contributed by atoms with Crippen molar-refractivity contribution in [3.63, 3.8) is 0 Å². The van der Waals surface area contributed by atoms with E-state index in [0.717, 1.165) is 5.56 Å². The van der Waals surface area contributed by atoms with E-state index in [4.69, 9.17) is 19.9 Å². The normalized spacial score (nSPS) is 10.5. The van der Waals surface area contributed by atoms with Gasteiger partial charge < -0.3 is 25.3 Å². The van der Waals surface area contributed by atoms with E-state index in [2.05, 4.69) is 5.32 Å². The molecule has 0 aliphatic rings. The molecule has 0 fully saturated rings. The summed E-state index contributed by atoms with van der Waals surface area (Å²) in [6, 6.07) is 10.5. The summed E-state index contributed by atoms with van der Waals surface area (Å²) in [6.07, 6.45) is 3.12. The number of rotatable bonds is 7. The van der Waals surface area contributed by atoms with Crippen molar-refractivity contribution in [2.24, 2.45) is 0 Å². The lowest BCUT2D eigenvalue weighted by Gasteiger charge is -2.09. The second kappa shape index (κ2) is 8.63. The van der Waals surface area contributed by atoms with Crippen molar-refractivity contribution in [3.05, 3.63) is 48.0 Å². The number of hydrogen-bond acceptors (Lipinski definition) is 5. The Balaban J connectivity index is 2.07. The average Bonchev–Trinajstić information content (AvgIpc) is 2.62. The average molecular weight is 342 g/mol. The van der Waals surface area contributed by atoms with Gasteiger partial charge in [0, 0.05) is 12.1 Å². The van der Waals surface area contributed by atoms with E-state index in [1.54, 1.807) is 50.6 Å². The molecule has 0 aliphatic carbocycles. The molecule has 3 N–H and O–H groups in total. The number of ether oxygens (including phenoxy) is 3. The Morgan fingerprint density at radius 1 is 1.12 bits per heavy atom. The Bertz CT molecular complexity index is 772. The highest BCUT2D eigenvalue weighted by molar-refractivity contribution is 6.03. The maximum atomic E-state index is 12.1. The molecule has 0 unspecified atom stereocenters. The van der Waals surface area contributed by atoms with Crippen LogP contribution in [0.15, 0.2) is 42.5 Å². The molecule has 0 atom stereocenters. The molecule has 25 heavy (non-hydrogen) atoms. The first-order chi connectivity index (χ1) is 12.1. The van der Waals surface area contributed by atoms with E-state index < -0.39 is 0 Å². The number of carbonyl (C=O) groups excluding carboxylic acids is 1. The fourth-order valence-electron chi connectivity index (χ4n) is 2.19. The molecular weight excluding hydrogens is 320 g/mol. The number of nitrogens with two attached hydrogens (primary N) is 1. The van der Waals surface area contributed by atoms with Crippen molar-refractivity contribution < 1.29 is 19.0 Å². The number of nitrogen functional groups attached to an aromatic ring is 1. The summed E-state index contributed by atoms with van der Waals surface area (Å²) < 4.78 is 15.8. The van der Waals surface area contributed by atoms with Crippen molar-refractivity contribution in [2.75, 3.05) is 31.9 Å². The van der Waals surface area contributed by atoms with Crippen LogP contribution in [0.1, 0.15) is 12.5 Å². The van der Waals surface area contributed by atoms with E-state index in [0.29, 0.717) is 35.2 Å². The van der Waals surface area contributed by atoms with Crippen LogP contribution in [-0.4, -0.2) is 26.7 Å². The summed E-state index contributed by atoms with van der Waals surface area (Å²) in [5, 5.41) is 2.73. The molecule has 6 nitrogen and oxygen atoms in total. The van der Waals surface area contributed by atoms with Gasteiger partial charge in [-0.05, 0) is 42.8 Å². The summed E-state index contributed by atoms with van der Waals surface area (Å²) in [6.45, 7) is 2.46. The Hall–Kier alpha value is -3.15. The molecule has 0 aromatic heterocycles. The smallest absolute Gasteiger partial charge is 0.248 e. The zero-order valence-corrected chi connectivity index (χ0v) is 14.5. The summed E-state index contributed by atoms with van der Waals surface area (Å²) >= 11 is 0. The van der Waals surface area contributed by atoms with E-state index in [1.165, 1.54) is 6.08 Å². The van der Waals surface area contributed by atoms with Gasteiger partial charge in [-0.2, -0.15) is 0 Å². The molecule has 1 amide bonds. The van der Waals surface area contributed by atoms with Crippen molar-refractivity contribution in [1.29, 1.82) is 0 Å². The highest BCUT2D eigenvalue weighted by Crippen LogP contribution is 2.28. The van der Waals surface area contributed by atoms with Crippen LogP contribution in [0.3, 0.4) is 0 Å². The maximum absolute atomic E-state index is 12.1. The number of benzene rings is 2. The van der Waals surface area contributed by atoms with Gasteiger partial charge in [-0.25, -0.2) is 0 Å². The zero-order valence-electron chi connectivity index (χ0n) is 14.5. The van der Waals surface area contributed by atoms with Crippen molar-refractivity contribution in [2.45, 2.75) is 6.92 Å². The number of hydrogen-bond donors (Lipinski definition) is 2. The first-order valence-corrected chi connectivity index (χ1v) is 7.80. The Morgan fingerprint density at radius 3 is 2.56 bits per heavy atom. The standard InChI is InChI=1S/C19H22N2O4/c1-4-25-17-9-5-13(11-18(17)24-3)6-10-19(22)21-16-8-7-14(23-2)12-15(16)20/h5-12H,4,20H2,1-3H3,(H,21,22)/b10-6+. The Labute approximate surface area is 147 Å². The monoisotopic (exact) mass is 342 g/mol. The van der Waals surface area contributed by atoms with E-state index in [1.807, 2.05) is 13.0 Å². The summed E-state index contributed by atoms with van der Waals surface area (Å²) in [5.74, 6) is 1.62. The molecule has 0 radical (unpaired) electrons. The lowest BCUT2D eigenvalue weighted by atomic mass is 10.2. The van der Waals surface area contributed by atoms with E-state index >= 15 is 0 Å². The predicted octanol–water partition coefficient (Wildman–Crippen LogP) is 3.34. The van der Waals surface area contributed by atoms with Crippen LogP contribution in [0.4, 0.5) is 11.4 Å². The molecule has 132 valence electrons. The molecule has 0 heterocycles. The largest absolute Gasteiger partial charge is 0.497 e. The molecule has 2 aromatic rings. The number of amides is 1. The van der Waals surface area contributed by atoms with Gasteiger partial charge >= 0.3 is 0 Å². The zero-order chi connectivity index (χ0) is 18.2. The molecule has 0 spiro atoms. The van der Waals surface area contributed by atoms with Crippen LogP contribution in [-0.2, 0) is 4.79 Å². The third-order valence-electron chi connectivity index (χ3n) is 3.43. The quantitative estimate of drug-likeness (QED) is 0.596. The molecule has 0 saturated carbocycles. The topological polar surface area (TPSA) is 82.8 Å². The van der Waals surface area contributed by atoms with Gasteiger partial charge in [0.15, 0.2) is 11.5 Å². The molecule has 2 aromatic carbocycles. The van der Waals surface area contributed by atoms with Crippen molar-refractivity contribution in [3.8, 4) is 17.2 Å². The number of methoxy groups -OCH3 is 2. The van der Waals surface area contributed by atoms with Crippen molar-refractivity contribution in [1.82, 2.24) is 0 Å². The molecular formula is C19H22N2O4.